The summed E-state index contributed by atoms with van der Waals surface area (Å²) >= 11 is 0. The molecule has 2 aliphatic rings. The molecule has 0 aromatic carbocycles. The van der Waals surface area contributed by atoms with Crippen LogP contribution in [-0.2, 0) is 16.4 Å². The van der Waals surface area contributed by atoms with Crippen LogP contribution >= 0.6 is 0 Å². The van der Waals surface area contributed by atoms with Crippen LogP contribution in [0.2, 0.25) is 0 Å². The Morgan fingerprint density at radius 1 is 1.25 bits per heavy atom. The lowest BCUT2D eigenvalue weighted by Crippen LogP contribution is -2.49. The van der Waals surface area contributed by atoms with Gasteiger partial charge in [0.1, 0.15) is 0 Å². The first-order chi connectivity index (χ1) is 11.5. The van der Waals surface area contributed by atoms with Gasteiger partial charge < -0.3 is 10.2 Å². The summed E-state index contributed by atoms with van der Waals surface area (Å²) in [7, 11) is -3.04. The Bertz CT molecular complexity index is 657. The molecule has 0 radical (unpaired) electrons. The average molecular weight is 351 g/mol. The van der Waals surface area contributed by atoms with E-state index in [1.54, 1.807) is 17.3 Å². The van der Waals surface area contributed by atoms with E-state index in [9.17, 15) is 13.2 Å². The lowest BCUT2D eigenvalue weighted by molar-refractivity contribution is 0.169. The monoisotopic (exact) mass is 351 g/mol. The maximum atomic E-state index is 12.8. The Labute approximate surface area is 143 Å². The number of nitrogens with zero attached hydrogens (tertiary/aromatic N) is 2. The third kappa shape index (κ3) is 4.47. The van der Waals surface area contributed by atoms with E-state index in [2.05, 4.69) is 10.3 Å². The highest BCUT2D eigenvalue weighted by atomic mass is 32.2. The Morgan fingerprint density at radius 3 is 2.67 bits per heavy atom. The predicted molar refractivity (Wildman–Crippen MR) is 92.2 cm³/mol. The van der Waals surface area contributed by atoms with E-state index in [-0.39, 0.29) is 29.6 Å². The van der Waals surface area contributed by atoms with Crippen LogP contribution in [0.25, 0.3) is 0 Å². The Kier molecular flexibility index (Phi) is 5.38. The number of amides is 2. The summed E-state index contributed by atoms with van der Waals surface area (Å²) in [5.74, 6) is 0.225. The number of hydrogen-bond donors (Lipinski definition) is 1. The van der Waals surface area contributed by atoms with Gasteiger partial charge in [0.2, 0.25) is 0 Å². The minimum Gasteiger partial charge on any atom is -0.335 e. The van der Waals surface area contributed by atoms with Crippen molar-refractivity contribution in [1.82, 2.24) is 15.2 Å². The molecule has 0 bridgehead atoms. The molecule has 24 heavy (non-hydrogen) atoms. The first-order valence-electron chi connectivity index (χ1n) is 8.70. The number of aromatic nitrogens is 1. The average Bonchev–Trinajstić information content (AvgIpc) is 2.94. The van der Waals surface area contributed by atoms with Crippen molar-refractivity contribution in [3.8, 4) is 0 Å². The van der Waals surface area contributed by atoms with Gasteiger partial charge in [-0.25, -0.2) is 13.2 Å². The summed E-state index contributed by atoms with van der Waals surface area (Å²) in [6.07, 6.45) is 9.47. The van der Waals surface area contributed by atoms with E-state index in [1.807, 2.05) is 12.1 Å². The van der Waals surface area contributed by atoms with Crippen molar-refractivity contribution in [2.45, 2.75) is 57.2 Å². The molecule has 3 rings (SSSR count). The molecular formula is C17H25N3O3S. The topological polar surface area (TPSA) is 79.4 Å². The quantitative estimate of drug-likeness (QED) is 0.901. The first-order valence-corrected chi connectivity index (χ1v) is 10.5. The maximum absolute atomic E-state index is 12.8. The van der Waals surface area contributed by atoms with E-state index in [0.717, 1.165) is 31.2 Å². The van der Waals surface area contributed by atoms with Crippen molar-refractivity contribution in [2.75, 3.05) is 11.5 Å². The van der Waals surface area contributed by atoms with Crippen LogP contribution in [0.5, 0.6) is 0 Å². The molecule has 2 heterocycles. The van der Waals surface area contributed by atoms with E-state index in [4.69, 9.17) is 0 Å². The number of hydrogen-bond acceptors (Lipinski definition) is 4. The van der Waals surface area contributed by atoms with Crippen LogP contribution in [0.1, 0.15) is 44.1 Å². The zero-order chi connectivity index (χ0) is 17.0. The standard InChI is InChI=1S/C17H25N3O3S/c21-17(19-15-6-2-1-3-7-15)20(12-14-5-4-9-18-11-14)16-8-10-24(22,23)13-16/h4-5,9,11,15-16H,1-3,6-8,10,12-13H2,(H,19,21)/t16-/m1/s1. The molecule has 2 amide bonds. The Morgan fingerprint density at radius 2 is 2.04 bits per heavy atom. The van der Waals surface area contributed by atoms with Crippen molar-refractivity contribution < 1.29 is 13.2 Å². The van der Waals surface area contributed by atoms with E-state index < -0.39 is 9.84 Å². The molecular weight excluding hydrogens is 326 g/mol. The van der Waals surface area contributed by atoms with Crippen molar-refractivity contribution in [2.24, 2.45) is 0 Å². The lowest BCUT2D eigenvalue weighted by atomic mass is 9.96. The number of pyridine rings is 1. The molecule has 1 N–H and O–H groups in total. The largest absolute Gasteiger partial charge is 0.335 e. The van der Waals surface area contributed by atoms with Gasteiger partial charge in [-0.2, -0.15) is 0 Å². The fourth-order valence-corrected chi connectivity index (χ4v) is 5.31. The number of carbonyl (C=O) groups excluding carboxylic acids is 1. The van der Waals surface area contributed by atoms with Crippen LogP contribution in [0, 0.1) is 0 Å². The first kappa shape index (κ1) is 17.2. The molecule has 1 saturated heterocycles. The highest BCUT2D eigenvalue weighted by molar-refractivity contribution is 7.91. The van der Waals surface area contributed by atoms with Crippen molar-refractivity contribution in [3.63, 3.8) is 0 Å². The molecule has 1 aliphatic carbocycles. The van der Waals surface area contributed by atoms with Gasteiger partial charge in [-0.3, -0.25) is 4.98 Å². The summed E-state index contributed by atoms with van der Waals surface area (Å²) in [5.41, 5.74) is 0.917. The van der Waals surface area contributed by atoms with Gasteiger partial charge in [0.25, 0.3) is 0 Å². The number of urea groups is 1. The van der Waals surface area contributed by atoms with Gasteiger partial charge in [-0.05, 0) is 30.9 Å². The van der Waals surface area contributed by atoms with Crippen LogP contribution in [0.15, 0.2) is 24.5 Å². The second kappa shape index (κ2) is 7.51. The lowest BCUT2D eigenvalue weighted by Gasteiger charge is -2.31. The number of nitrogens with one attached hydrogen (secondary N) is 1. The van der Waals surface area contributed by atoms with E-state index in [0.29, 0.717) is 13.0 Å². The van der Waals surface area contributed by atoms with Crippen LogP contribution in [0.4, 0.5) is 4.79 Å². The Hall–Kier alpha value is -1.63. The molecule has 2 fully saturated rings. The summed E-state index contributed by atoms with van der Waals surface area (Å²) in [5, 5.41) is 3.12. The number of carbonyl (C=O) groups is 1. The minimum absolute atomic E-state index is 0.0609. The van der Waals surface area contributed by atoms with Gasteiger partial charge in [0, 0.05) is 31.0 Å². The summed E-state index contributed by atoms with van der Waals surface area (Å²) < 4.78 is 23.7. The Balaban J connectivity index is 1.72. The molecule has 6 nitrogen and oxygen atoms in total. The predicted octanol–water partition coefficient (Wildman–Crippen LogP) is 2.11. The highest BCUT2D eigenvalue weighted by Gasteiger charge is 2.35. The fourth-order valence-electron chi connectivity index (χ4n) is 3.58. The summed E-state index contributed by atoms with van der Waals surface area (Å²) in [6.45, 7) is 0.395. The molecule has 0 unspecified atom stereocenters. The van der Waals surface area contributed by atoms with Gasteiger partial charge >= 0.3 is 6.03 Å². The molecule has 7 heteroatoms. The van der Waals surface area contributed by atoms with Gasteiger partial charge in [-0.15, -0.1) is 0 Å². The second-order valence-corrected chi connectivity index (χ2v) is 9.06. The fraction of sp³-hybridized carbons (Fsp3) is 0.647. The third-order valence-corrected chi connectivity index (χ3v) is 6.67. The minimum atomic E-state index is -3.04. The molecule has 132 valence electrons. The van der Waals surface area contributed by atoms with Crippen molar-refractivity contribution in [1.29, 1.82) is 0 Å². The molecule has 1 aromatic heterocycles. The molecule has 1 aliphatic heterocycles. The summed E-state index contributed by atoms with van der Waals surface area (Å²) in [4.78, 5) is 18.6. The van der Waals surface area contributed by atoms with Gasteiger partial charge in [-0.1, -0.05) is 25.3 Å². The second-order valence-electron chi connectivity index (χ2n) is 6.83. The number of rotatable bonds is 4. The SMILES string of the molecule is O=C(NC1CCCCC1)N(Cc1cccnc1)[C@@H]1CCS(=O)(=O)C1. The van der Waals surface area contributed by atoms with Crippen molar-refractivity contribution in [3.05, 3.63) is 30.1 Å². The van der Waals surface area contributed by atoms with Gasteiger partial charge in [0.05, 0.1) is 11.5 Å². The van der Waals surface area contributed by atoms with Crippen molar-refractivity contribution >= 4 is 15.9 Å². The van der Waals surface area contributed by atoms with E-state index >= 15 is 0 Å². The smallest absolute Gasteiger partial charge is 0.318 e. The maximum Gasteiger partial charge on any atom is 0.318 e. The van der Waals surface area contributed by atoms with Crippen LogP contribution in [-0.4, -0.2) is 47.9 Å². The number of sulfone groups is 1. The van der Waals surface area contributed by atoms with E-state index in [1.165, 1.54) is 6.42 Å². The zero-order valence-electron chi connectivity index (χ0n) is 13.9. The zero-order valence-corrected chi connectivity index (χ0v) is 14.7. The molecule has 1 aromatic rings. The molecule has 1 saturated carbocycles. The van der Waals surface area contributed by atoms with Crippen LogP contribution in [0.3, 0.4) is 0 Å². The molecule has 0 spiro atoms. The third-order valence-electron chi connectivity index (χ3n) is 4.92. The molecule has 1 atom stereocenters. The highest BCUT2D eigenvalue weighted by Crippen LogP contribution is 2.22. The van der Waals surface area contributed by atoms with Gasteiger partial charge in [0.15, 0.2) is 9.84 Å². The summed E-state index contributed by atoms with van der Waals surface area (Å²) in [6, 6.07) is 3.56. The normalized spacial score (nSPS) is 23.8. The van der Waals surface area contributed by atoms with Crippen LogP contribution < -0.4 is 5.32 Å².